The van der Waals surface area contributed by atoms with E-state index in [2.05, 4.69) is 11.8 Å². The van der Waals surface area contributed by atoms with Crippen molar-refractivity contribution in [2.75, 3.05) is 13.1 Å². The van der Waals surface area contributed by atoms with Crippen LogP contribution in [0.25, 0.3) is 0 Å². The van der Waals surface area contributed by atoms with Crippen LogP contribution >= 0.6 is 11.6 Å². The Kier molecular flexibility index (Phi) is 4.00. The summed E-state index contributed by atoms with van der Waals surface area (Å²) < 4.78 is 25.8. The van der Waals surface area contributed by atoms with Gasteiger partial charge >= 0.3 is 0 Å². The highest BCUT2D eigenvalue weighted by Crippen LogP contribution is 2.23. The minimum absolute atomic E-state index is 0.233. The molecule has 0 N–H and O–H groups in total. The fraction of sp³-hybridized carbons (Fsp3) is 0.538. The predicted molar refractivity (Wildman–Crippen MR) is 65.1 cm³/mol. The summed E-state index contributed by atoms with van der Waals surface area (Å²) in [5.74, 6) is -1.12. The molecule has 4 heteroatoms. The van der Waals surface area contributed by atoms with E-state index >= 15 is 0 Å². The van der Waals surface area contributed by atoms with Crippen LogP contribution in [-0.2, 0) is 6.54 Å². The number of hydrogen-bond donors (Lipinski definition) is 0. The largest absolute Gasteiger partial charge is 0.299 e. The minimum Gasteiger partial charge on any atom is -0.299 e. The monoisotopic (exact) mass is 259 g/mol. The summed E-state index contributed by atoms with van der Waals surface area (Å²) in [6.07, 6.45) is 0.951. The highest BCUT2D eigenvalue weighted by molar-refractivity contribution is 6.20. The summed E-state index contributed by atoms with van der Waals surface area (Å²) in [6.45, 7) is 4.60. The number of halogens is 3. The lowest BCUT2D eigenvalue weighted by molar-refractivity contribution is 0.179. The van der Waals surface area contributed by atoms with Gasteiger partial charge in [0.1, 0.15) is 0 Å². The molecule has 0 amide bonds. The molecular formula is C13H16ClF2N. The number of nitrogens with zero attached hydrogens (tertiary/aromatic N) is 1. The fourth-order valence-electron chi connectivity index (χ4n) is 2.24. The highest BCUT2D eigenvalue weighted by Gasteiger charge is 2.24. The Morgan fingerprint density at radius 1 is 1.35 bits per heavy atom. The standard InChI is InChI=1S/C13H16ClF2N/c1-9-7-17(5-4-11(9)14)8-10-2-3-12(15)13(16)6-10/h2-3,6,9,11H,4-5,7-8H2,1H3. The molecule has 1 aromatic rings. The number of benzene rings is 1. The molecule has 1 heterocycles. The summed E-state index contributed by atoms with van der Waals surface area (Å²) in [4.78, 5) is 2.23. The molecule has 2 rings (SSSR count). The number of rotatable bonds is 2. The van der Waals surface area contributed by atoms with Crippen LogP contribution in [0.1, 0.15) is 18.9 Å². The Labute approximate surface area is 105 Å². The van der Waals surface area contributed by atoms with Crippen LogP contribution in [-0.4, -0.2) is 23.4 Å². The molecule has 94 valence electrons. The third kappa shape index (κ3) is 3.17. The number of alkyl halides is 1. The van der Waals surface area contributed by atoms with E-state index in [1.54, 1.807) is 6.07 Å². The van der Waals surface area contributed by atoms with Gasteiger partial charge in [-0.1, -0.05) is 13.0 Å². The first-order valence-electron chi connectivity index (χ1n) is 5.86. The maximum absolute atomic E-state index is 13.1. The molecule has 0 bridgehead atoms. The van der Waals surface area contributed by atoms with Gasteiger partial charge in [0.15, 0.2) is 11.6 Å². The summed E-state index contributed by atoms with van der Waals surface area (Å²) in [7, 11) is 0. The fourth-order valence-corrected chi connectivity index (χ4v) is 2.42. The van der Waals surface area contributed by atoms with Crippen molar-refractivity contribution in [3.05, 3.63) is 35.4 Å². The number of likely N-dealkylation sites (tertiary alicyclic amines) is 1. The molecule has 0 spiro atoms. The second-order valence-electron chi connectivity index (χ2n) is 4.77. The van der Waals surface area contributed by atoms with Gasteiger partial charge < -0.3 is 0 Å². The van der Waals surface area contributed by atoms with E-state index in [4.69, 9.17) is 11.6 Å². The van der Waals surface area contributed by atoms with E-state index < -0.39 is 11.6 Å². The van der Waals surface area contributed by atoms with Gasteiger partial charge in [0.05, 0.1) is 0 Å². The second kappa shape index (κ2) is 5.32. The third-order valence-electron chi connectivity index (χ3n) is 3.27. The average Bonchev–Trinajstić information content (AvgIpc) is 2.29. The first-order chi connectivity index (χ1) is 8.06. The van der Waals surface area contributed by atoms with Crippen LogP contribution in [0.2, 0.25) is 0 Å². The Bertz CT molecular complexity index is 397. The molecule has 0 radical (unpaired) electrons. The van der Waals surface area contributed by atoms with Crippen LogP contribution < -0.4 is 0 Å². The van der Waals surface area contributed by atoms with Crippen LogP contribution in [0.5, 0.6) is 0 Å². The Hall–Kier alpha value is -0.670. The Balaban J connectivity index is 1.99. The summed E-state index contributed by atoms with van der Waals surface area (Å²) >= 11 is 6.15. The molecule has 1 nitrogen and oxygen atoms in total. The van der Waals surface area contributed by atoms with Gasteiger partial charge in [-0.3, -0.25) is 4.90 Å². The number of hydrogen-bond acceptors (Lipinski definition) is 1. The molecule has 1 fully saturated rings. The molecule has 17 heavy (non-hydrogen) atoms. The minimum atomic E-state index is -0.790. The van der Waals surface area contributed by atoms with E-state index in [9.17, 15) is 8.78 Å². The molecule has 2 unspecified atom stereocenters. The van der Waals surface area contributed by atoms with E-state index in [-0.39, 0.29) is 5.38 Å². The van der Waals surface area contributed by atoms with Crippen LogP contribution in [0.3, 0.4) is 0 Å². The van der Waals surface area contributed by atoms with Crippen LogP contribution in [0.15, 0.2) is 18.2 Å². The molecule has 1 aliphatic heterocycles. The van der Waals surface area contributed by atoms with Crippen molar-refractivity contribution in [3.63, 3.8) is 0 Å². The van der Waals surface area contributed by atoms with E-state index in [1.807, 2.05) is 0 Å². The smallest absolute Gasteiger partial charge is 0.159 e. The number of piperidine rings is 1. The van der Waals surface area contributed by atoms with E-state index in [1.165, 1.54) is 12.1 Å². The first kappa shape index (κ1) is 12.8. The van der Waals surface area contributed by atoms with Crippen molar-refractivity contribution in [1.82, 2.24) is 4.90 Å². The maximum Gasteiger partial charge on any atom is 0.159 e. The second-order valence-corrected chi connectivity index (χ2v) is 5.33. The van der Waals surface area contributed by atoms with Crippen molar-refractivity contribution in [2.45, 2.75) is 25.3 Å². The molecule has 0 aromatic heterocycles. The highest BCUT2D eigenvalue weighted by atomic mass is 35.5. The quantitative estimate of drug-likeness (QED) is 0.736. The Morgan fingerprint density at radius 3 is 2.76 bits per heavy atom. The lowest BCUT2D eigenvalue weighted by Gasteiger charge is -2.34. The summed E-state index contributed by atoms with van der Waals surface area (Å²) in [5.41, 5.74) is 0.809. The van der Waals surface area contributed by atoms with E-state index in [0.717, 1.165) is 25.1 Å². The zero-order valence-corrected chi connectivity index (χ0v) is 10.6. The van der Waals surface area contributed by atoms with Gasteiger partial charge in [0.2, 0.25) is 0 Å². The van der Waals surface area contributed by atoms with Crippen molar-refractivity contribution < 1.29 is 8.78 Å². The molecule has 1 aliphatic rings. The third-order valence-corrected chi connectivity index (χ3v) is 3.92. The van der Waals surface area contributed by atoms with Crippen molar-refractivity contribution in [1.29, 1.82) is 0 Å². The molecule has 1 saturated heterocycles. The molecule has 2 atom stereocenters. The SMILES string of the molecule is CC1CN(Cc2ccc(F)c(F)c2)CCC1Cl. The Morgan fingerprint density at radius 2 is 2.12 bits per heavy atom. The van der Waals surface area contributed by atoms with Crippen molar-refractivity contribution in [2.24, 2.45) is 5.92 Å². The molecular weight excluding hydrogens is 244 g/mol. The zero-order valence-electron chi connectivity index (χ0n) is 9.80. The van der Waals surface area contributed by atoms with Crippen LogP contribution in [0, 0.1) is 17.6 Å². The average molecular weight is 260 g/mol. The van der Waals surface area contributed by atoms with Gasteiger partial charge in [-0.05, 0) is 36.6 Å². The summed E-state index contributed by atoms with van der Waals surface area (Å²) in [5, 5.41) is 0.233. The van der Waals surface area contributed by atoms with Gasteiger partial charge in [0, 0.05) is 18.5 Å². The van der Waals surface area contributed by atoms with Gasteiger partial charge in [-0.15, -0.1) is 11.6 Å². The first-order valence-corrected chi connectivity index (χ1v) is 6.30. The molecule has 1 aromatic carbocycles. The molecule has 0 saturated carbocycles. The molecule has 0 aliphatic carbocycles. The van der Waals surface area contributed by atoms with Crippen molar-refractivity contribution >= 4 is 11.6 Å². The zero-order chi connectivity index (χ0) is 12.4. The maximum atomic E-state index is 13.1. The topological polar surface area (TPSA) is 3.24 Å². The van der Waals surface area contributed by atoms with Gasteiger partial charge in [-0.2, -0.15) is 0 Å². The predicted octanol–water partition coefficient (Wildman–Crippen LogP) is 3.41. The lowest BCUT2D eigenvalue weighted by atomic mass is 9.99. The van der Waals surface area contributed by atoms with Gasteiger partial charge in [0.25, 0.3) is 0 Å². The van der Waals surface area contributed by atoms with Crippen molar-refractivity contribution in [3.8, 4) is 0 Å². The summed E-state index contributed by atoms with van der Waals surface area (Å²) in [6, 6.07) is 4.09. The normalized spacial score (nSPS) is 26.1. The van der Waals surface area contributed by atoms with E-state index in [0.29, 0.717) is 12.5 Å². The van der Waals surface area contributed by atoms with Crippen LogP contribution in [0.4, 0.5) is 8.78 Å². The van der Waals surface area contributed by atoms with Gasteiger partial charge in [-0.25, -0.2) is 8.78 Å². The lowest BCUT2D eigenvalue weighted by Crippen LogP contribution is -2.39.